The number of anilines is 1. The minimum atomic E-state index is -0.504. The normalized spacial score (nSPS) is 17.2. The topological polar surface area (TPSA) is 49.8 Å². The summed E-state index contributed by atoms with van der Waals surface area (Å²) in [5.41, 5.74) is 2.17. The van der Waals surface area contributed by atoms with E-state index in [2.05, 4.69) is 0 Å². The van der Waals surface area contributed by atoms with Gasteiger partial charge in [0.1, 0.15) is 5.75 Å². The van der Waals surface area contributed by atoms with Crippen LogP contribution in [0.2, 0.25) is 0 Å². The quantitative estimate of drug-likeness (QED) is 0.922. The molecule has 0 saturated carbocycles. The van der Waals surface area contributed by atoms with Crippen molar-refractivity contribution in [1.29, 1.82) is 0 Å². The fourth-order valence-electron chi connectivity index (χ4n) is 2.67. The van der Waals surface area contributed by atoms with Crippen LogP contribution >= 0.6 is 0 Å². The summed E-state index contributed by atoms with van der Waals surface area (Å²) in [5, 5.41) is 10.1. The summed E-state index contributed by atoms with van der Waals surface area (Å²) >= 11 is 0. The number of ether oxygens (including phenoxy) is 1. The van der Waals surface area contributed by atoms with Gasteiger partial charge in [0.25, 0.3) is 5.91 Å². The Kier molecular flexibility index (Phi) is 3.62. The number of carbonyl (C=O) groups excluding carboxylic acids is 1. The number of aliphatic hydroxyl groups is 1. The van der Waals surface area contributed by atoms with Crippen molar-refractivity contribution in [2.45, 2.75) is 12.5 Å². The third kappa shape index (κ3) is 2.50. The van der Waals surface area contributed by atoms with Gasteiger partial charge in [0.15, 0.2) is 0 Å². The number of rotatable bonds is 2. The summed E-state index contributed by atoms with van der Waals surface area (Å²) in [6, 6.07) is 14.6. The van der Waals surface area contributed by atoms with Crippen molar-refractivity contribution in [2.24, 2.45) is 0 Å². The molecule has 3 rings (SSSR count). The molecule has 1 heterocycles. The first-order valence-corrected chi connectivity index (χ1v) is 6.93. The van der Waals surface area contributed by atoms with Crippen LogP contribution in [0.25, 0.3) is 0 Å². The van der Waals surface area contributed by atoms with E-state index in [4.69, 9.17) is 4.74 Å². The highest BCUT2D eigenvalue weighted by Crippen LogP contribution is 2.34. The second-order valence-electron chi connectivity index (χ2n) is 5.05. The van der Waals surface area contributed by atoms with Gasteiger partial charge in [-0.05, 0) is 30.7 Å². The summed E-state index contributed by atoms with van der Waals surface area (Å²) in [4.78, 5) is 14.4. The minimum Gasteiger partial charge on any atom is -0.497 e. The molecule has 0 aliphatic carbocycles. The summed E-state index contributed by atoms with van der Waals surface area (Å²) in [6.07, 6.45) is 0.0442. The predicted octanol–water partition coefficient (Wildman–Crippen LogP) is 2.78. The fraction of sp³-hybridized carbons (Fsp3) is 0.235. The molecule has 1 amide bonds. The number of amides is 1. The van der Waals surface area contributed by atoms with Crippen LogP contribution in [0.4, 0.5) is 5.69 Å². The summed E-state index contributed by atoms with van der Waals surface area (Å²) in [7, 11) is 1.58. The van der Waals surface area contributed by atoms with E-state index in [1.807, 2.05) is 30.3 Å². The molecule has 0 spiro atoms. The van der Waals surface area contributed by atoms with Crippen molar-refractivity contribution in [2.75, 3.05) is 18.6 Å². The molecule has 0 radical (unpaired) electrons. The molecule has 1 unspecified atom stereocenters. The summed E-state index contributed by atoms with van der Waals surface area (Å²) < 4.78 is 5.17. The lowest BCUT2D eigenvalue weighted by molar-refractivity contribution is 0.0970. The molecule has 4 heteroatoms. The van der Waals surface area contributed by atoms with E-state index >= 15 is 0 Å². The van der Waals surface area contributed by atoms with E-state index in [-0.39, 0.29) is 5.91 Å². The van der Waals surface area contributed by atoms with Crippen LogP contribution in [-0.4, -0.2) is 24.7 Å². The van der Waals surface area contributed by atoms with Gasteiger partial charge in [-0.2, -0.15) is 0 Å². The second-order valence-corrected chi connectivity index (χ2v) is 5.05. The van der Waals surface area contributed by atoms with Crippen molar-refractivity contribution in [3.63, 3.8) is 0 Å². The number of hydrogen-bond acceptors (Lipinski definition) is 3. The van der Waals surface area contributed by atoms with Crippen molar-refractivity contribution in [3.8, 4) is 5.75 Å². The molecule has 0 aromatic heterocycles. The molecule has 4 nitrogen and oxygen atoms in total. The third-order valence-electron chi connectivity index (χ3n) is 3.77. The average molecular weight is 283 g/mol. The van der Waals surface area contributed by atoms with Crippen LogP contribution in [0, 0.1) is 0 Å². The molecular formula is C17H17NO3. The SMILES string of the molecule is COc1cccc(C(=O)N2CCC(O)c3ccccc32)c1. The van der Waals surface area contributed by atoms with Gasteiger partial charge >= 0.3 is 0 Å². The molecule has 0 fully saturated rings. The molecular weight excluding hydrogens is 266 g/mol. The minimum absolute atomic E-state index is 0.0757. The Morgan fingerprint density at radius 3 is 2.86 bits per heavy atom. The van der Waals surface area contributed by atoms with E-state index in [9.17, 15) is 9.90 Å². The van der Waals surface area contributed by atoms with E-state index in [0.29, 0.717) is 24.3 Å². The van der Waals surface area contributed by atoms with Crippen LogP contribution in [0.15, 0.2) is 48.5 Å². The zero-order chi connectivity index (χ0) is 14.8. The van der Waals surface area contributed by atoms with Crippen molar-refractivity contribution in [1.82, 2.24) is 0 Å². The van der Waals surface area contributed by atoms with E-state index in [1.54, 1.807) is 30.2 Å². The lowest BCUT2D eigenvalue weighted by atomic mass is 9.98. The lowest BCUT2D eigenvalue weighted by Gasteiger charge is -2.32. The number of carbonyl (C=O) groups is 1. The molecule has 2 aromatic carbocycles. The maximum absolute atomic E-state index is 12.7. The first-order valence-electron chi connectivity index (χ1n) is 6.93. The molecule has 1 aliphatic rings. The van der Waals surface area contributed by atoms with Crippen LogP contribution in [0.5, 0.6) is 5.75 Å². The van der Waals surface area contributed by atoms with Crippen LogP contribution in [-0.2, 0) is 0 Å². The smallest absolute Gasteiger partial charge is 0.258 e. The number of hydrogen-bond donors (Lipinski definition) is 1. The second kappa shape index (κ2) is 5.58. The highest BCUT2D eigenvalue weighted by Gasteiger charge is 2.27. The maximum Gasteiger partial charge on any atom is 0.258 e. The predicted molar refractivity (Wildman–Crippen MR) is 80.7 cm³/mol. The van der Waals surface area contributed by atoms with E-state index < -0.39 is 6.10 Å². The Bertz CT molecular complexity index is 669. The zero-order valence-electron chi connectivity index (χ0n) is 11.8. The van der Waals surface area contributed by atoms with Gasteiger partial charge in [-0.25, -0.2) is 0 Å². The van der Waals surface area contributed by atoms with Crippen LogP contribution in [0.1, 0.15) is 28.4 Å². The summed E-state index contributed by atoms with van der Waals surface area (Å²) in [5.74, 6) is 0.583. The number of aliphatic hydroxyl groups excluding tert-OH is 1. The monoisotopic (exact) mass is 283 g/mol. The van der Waals surface area contributed by atoms with Crippen LogP contribution in [0.3, 0.4) is 0 Å². The third-order valence-corrected chi connectivity index (χ3v) is 3.77. The molecule has 2 aromatic rings. The molecule has 0 saturated heterocycles. The summed E-state index contributed by atoms with van der Waals surface area (Å²) in [6.45, 7) is 0.508. The molecule has 1 aliphatic heterocycles. The van der Waals surface area contributed by atoms with Gasteiger partial charge in [0, 0.05) is 23.4 Å². The Morgan fingerprint density at radius 1 is 1.24 bits per heavy atom. The Morgan fingerprint density at radius 2 is 2.05 bits per heavy atom. The van der Waals surface area contributed by atoms with Gasteiger partial charge in [0.2, 0.25) is 0 Å². The van der Waals surface area contributed by atoms with Crippen LogP contribution < -0.4 is 9.64 Å². The zero-order valence-corrected chi connectivity index (χ0v) is 11.8. The number of benzene rings is 2. The molecule has 108 valence electrons. The lowest BCUT2D eigenvalue weighted by Crippen LogP contribution is -2.36. The Balaban J connectivity index is 1.97. The Hall–Kier alpha value is -2.33. The van der Waals surface area contributed by atoms with Gasteiger partial charge in [-0.1, -0.05) is 24.3 Å². The number of methoxy groups -OCH3 is 1. The highest BCUT2D eigenvalue weighted by molar-refractivity contribution is 6.07. The maximum atomic E-state index is 12.7. The Labute approximate surface area is 123 Å². The fourth-order valence-corrected chi connectivity index (χ4v) is 2.67. The van der Waals surface area contributed by atoms with Gasteiger partial charge in [-0.3, -0.25) is 4.79 Å². The standard InChI is InChI=1S/C17H17NO3/c1-21-13-6-4-5-12(11-13)17(20)18-10-9-16(19)14-7-2-3-8-15(14)18/h2-8,11,16,19H,9-10H2,1H3. The van der Waals surface area contributed by atoms with Gasteiger partial charge in [-0.15, -0.1) is 0 Å². The average Bonchev–Trinajstić information content (AvgIpc) is 2.55. The molecule has 1 N–H and O–H groups in total. The largest absolute Gasteiger partial charge is 0.497 e. The first-order chi connectivity index (χ1) is 10.2. The van der Waals surface area contributed by atoms with Gasteiger partial charge < -0.3 is 14.7 Å². The van der Waals surface area contributed by atoms with Crippen molar-refractivity contribution < 1.29 is 14.6 Å². The van der Waals surface area contributed by atoms with E-state index in [1.165, 1.54) is 0 Å². The highest BCUT2D eigenvalue weighted by atomic mass is 16.5. The number of nitrogens with zero attached hydrogens (tertiary/aromatic N) is 1. The number of fused-ring (bicyclic) bond motifs is 1. The molecule has 1 atom stereocenters. The number of para-hydroxylation sites is 1. The molecule has 21 heavy (non-hydrogen) atoms. The van der Waals surface area contributed by atoms with Crippen molar-refractivity contribution >= 4 is 11.6 Å². The van der Waals surface area contributed by atoms with Gasteiger partial charge in [0.05, 0.1) is 13.2 Å². The van der Waals surface area contributed by atoms with E-state index in [0.717, 1.165) is 11.3 Å². The molecule has 0 bridgehead atoms. The first kappa shape index (κ1) is 13.6. The van der Waals surface area contributed by atoms with Crippen molar-refractivity contribution in [3.05, 3.63) is 59.7 Å².